The first-order chi connectivity index (χ1) is 15.2. The highest BCUT2D eigenvalue weighted by Crippen LogP contribution is 2.71. The lowest BCUT2D eigenvalue weighted by atomic mass is 10.0. The Morgan fingerprint density at radius 2 is 1.82 bits per heavy atom. The van der Waals surface area contributed by atoms with Gasteiger partial charge in [0.15, 0.2) is 11.5 Å². The van der Waals surface area contributed by atoms with Gasteiger partial charge in [-0.25, -0.2) is 28.6 Å². The number of anilines is 1. The molecular weight excluding hydrogens is 511 g/mol. The van der Waals surface area contributed by atoms with Crippen LogP contribution in [0.5, 0.6) is 0 Å². The Hall–Kier alpha value is -1.32. The summed E-state index contributed by atoms with van der Waals surface area (Å²) in [6, 6.07) is -0.728. The number of imidazole rings is 1. The third kappa shape index (κ3) is 4.65. The molecular formula is C13H20N5O12P3. The van der Waals surface area contributed by atoms with E-state index in [1.807, 2.05) is 0 Å². The fourth-order valence-corrected chi connectivity index (χ4v) is 7.38. The van der Waals surface area contributed by atoms with Crippen molar-refractivity contribution in [2.45, 2.75) is 24.7 Å². The van der Waals surface area contributed by atoms with Gasteiger partial charge in [-0.05, 0) is 12.3 Å². The SMILES string of the molecule is CNc1ncnc2c1ncn2C1C(O)C(O)[C@]2(COP(=O)(O)OP(=O)(O)OP(=O)(O)O)CC12. The summed E-state index contributed by atoms with van der Waals surface area (Å²) in [4.78, 5) is 48.5. The molecule has 17 nitrogen and oxygen atoms in total. The summed E-state index contributed by atoms with van der Waals surface area (Å²) in [5.41, 5.74) is -0.403. The molecule has 2 heterocycles. The van der Waals surface area contributed by atoms with E-state index in [-0.39, 0.29) is 6.42 Å². The summed E-state index contributed by atoms with van der Waals surface area (Å²) in [6.07, 6.45) is 0.202. The minimum absolute atomic E-state index is 0.245. The molecule has 0 aliphatic heterocycles. The second-order valence-corrected chi connectivity index (χ2v) is 12.1. The number of phosphoric ester groups is 1. The van der Waals surface area contributed by atoms with Gasteiger partial charge in [0.2, 0.25) is 0 Å². The van der Waals surface area contributed by atoms with Crippen LogP contribution in [-0.2, 0) is 26.8 Å². The van der Waals surface area contributed by atoms with Crippen molar-refractivity contribution in [3.8, 4) is 0 Å². The topological polar surface area (TPSA) is 256 Å². The normalized spacial score (nSPS) is 32.8. The predicted molar refractivity (Wildman–Crippen MR) is 106 cm³/mol. The number of hydrogen-bond acceptors (Lipinski definition) is 12. The number of aliphatic hydroxyl groups excluding tert-OH is 2. The summed E-state index contributed by atoms with van der Waals surface area (Å²) >= 11 is 0. The van der Waals surface area contributed by atoms with Gasteiger partial charge < -0.3 is 39.7 Å². The van der Waals surface area contributed by atoms with E-state index in [1.165, 1.54) is 12.7 Å². The molecule has 0 saturated heterocycles. The van der Waals surface area contributed by atoms with E-state index in [1.54, 1.807) is 11.6 Å². The molecule has 33 heavy (non-hydrogen) atoms. The van der Waals surface area contributed by atoms with Crippen LogP contribution >= 0.6 is 23.5 Å². The lowest BCUT2D eigenvalue weighted by molar-refractivity contribution is -0.0297. The van der Waals surface area contributed by atoms with Gasteiger partial charge >= 0.3 is 23.5 Å². The Labute approximate surface area is 184 Å². The standard InChI is InChI=1S/C13H20N5O12P3/c1-14-11-7-12(16-4-15-11)18(5-17-7)8-6-2-13(6,10(20)9(8)19)3-28-32(24,25)30-33(26,27)29-31(21,22)23/h4-6,8-10,19-20H,2-3H2,1H3,(H,24,25)(H,26,27)(H,14,15,16)(H2,21,22,23)/t6?,8?,9?,10?,13-/m0/s1. The van der Waals surface area contributed by atoms with Crippen LogP contribution in [0.15, 0.2) is 12.7 Å². The van der Waals surface area contributed by atoms with Crippen molar-refractivity contribution in [3.05, 3.63) is 12.7 Å². The molecule has 184 valence electrons. The first-order valence-electron chi connectivity index (χ1n) is 9.19. The summed E-state index contributed by atoms with van der Waals surface area (Å²) < 4.78 is 47.8. The van der Waals surface area contributed by atoms with Gasteiger partial charge in [0.1, 0.15) is 17.9 Å². The summed E-state index contributed by atoms with van der Waals surface area (Å²) in [6.45, 7) is -0.681. The monoisotopic (exact) mass is 531 g/mol. The second kappa shape index (κ2) is 8.12. The number of phosphoric acid groups is 3. The van der Waals surface area contributed by atoms with Crippen LogP contribution in [0.25, 0.3) is 11.2 Å². The number of rotatable bonds is 9. The second-order valence-electron chi connectivity index (χ2n) is 7.63. The quantitative estimate of drug-likeness (QED) is 0.201. The third-order valence-corrected chi connectivity index (χ3v) is 9.46. The maximum Gasteiger partial charge on any atom is 0.490 e. The Kier molecular flexibility index (Phi) is 6.10. The highest BCUT2D eigenvalue weighted by atomic mass is 31.3. The summed E-state index contributed by atoms with van der Waals surface area (Å²) in [5, 5.41) is 24.1. The van der Waals surface area contributed by atoms with E-state index in [0.717, 1.165) is 0 Å². The molecule has 2 fully saturated rings. The van der Waals surface area contributed by atoms with Gasteiger partial charge in [0.25, 0.3) is 0 Å². The fraction of sp³-hybridized carbons (Fsp3) is 0.615. The molecule has 20 heteroatoms. The average Bonchev–Trinajstić information content (AvgIpc) is 3.17. The smallest absolute Gasteiger partial charge is 0.390 e. The van der Waals surface area contributed by atoms with E-state index in [9.17, 15) is 33.7 Å². The number of aliphatic hydroxyl groups is 2. The summed E-state index contributed by atoms with van der Waals surface area (Å²) in [7, 11) is -14.9. The van der Waals surface area contributed by atoms with Crippen LogP contribution < -0.4 is 5.32 Å². The zero-order valence-corrected chi connectivity index (χ0v) is 19.3. The van der Waals surface area contributed by atoms with Gasteiger partial charge in [0.05, 0.1) is 25.1 Å². The van der Waals surface area contributed by atoms with Crippen molar-refractivity contribution in [2.24, 2.45) is 11.3 Å². The maximum absolute atomic E-state index is 12.0. The molecule has 7 N–H and O–H groups in total. The molecule has 4 rings (SSSR count). The Morgan fingerprint density at radius 3 is 2.45 bits per heavy atom. The molecule has 6 unspecified atom stereocenters. The lowest BCUT2D eigenvalue weighted by Crippen LogP contribution is -2.35. The van der Waals surface area contributed by atoms with E-state index in [0.29, 0.717) is 17.0 Å². The molecule has 0 amide bonds. The molecule has 0 radical (unpaired) electrons. The van der Waals surface area contributed by atoms with Crippen molar-refractivity contribution >= 4 is 40.4 Å². The molecule has 2 aliphatic carbocycles. The van der Waals surface area contributed by atoms with Crippen LogP contribution in [0.3, 0.4) is 0 Å². The van der Waals surface area contributed by atoms with Crippen LogP contribution in [0, 0.1) is 11.3 Å². The van der Waals surface area contributed by atoms with Crippen molar-refractivity contribution in [1.82, 2.24) is 19.5 Å². The molecule has 0 bridgehead atoms. The van der Waals surface area contributed by atoms with Crippen molar-refractivity contribution in [1.29, 1.82) is 0 Å². The van der Waals surface area contributed by atoms with E-state index >= 15 is 0 Å². The zero-order chi connectivity index (χ0) is 24.4. The fourth-order valence-electron chi connectivity index (χ4n) is 4.28. The maximum atomic E-state index is 12.0. The van der Waals surface area contributed by atoms with Gasteiger partial charge in [0, 0.05) is 12.5 Å². The minimum atomic E-state index is -5.67. The Morgan fingerprint density at radius 1 is 1.12 bits per heavy atom. The van der Waals surface area contributed by atoms with Crippen LogP contribution in [0.1, 0.15) is 12.5 Å². The first-order valence-corrected chi connectivity index (χ1v) is 13.7. The number of fused-ring (bicyclic) bond motifs is 2. The number of nitrogens with zero attached hydrogens (tertiary/aromatic N) is 4. The van der Waals surface area contributed by atoms with Crippen LogP contribution in [0.4, 0.5) is 5.82 Å². The highest BCUT2D eigenvalue weighted by molar-refractivity contribution is 7.66. The van der Waals surface area contributed by atoms with Crippen molar-refractivity contribution < 1.29 is 56.6 Å². The number of nitrogens with one attached hydrogen (secondary N) is 1. The Balaban J connectivity index is 1.51. The van der Waals surface area contributed by atoms with Crippen molar-refractivity contribution in [3.63, 3.8) is 0 Å². The largest absolute Gasteiger partial charge is 0.490 e. The number of hydrogen-bond donors (Lipinski definition) is 7. The van der Waals surface area contributed by atoms with E-state index in [4.69, 9.17) is 14.3 Å². The lowest BCUT2D eigenvalue weighted by Gasteiger charge is -2.24. The molecule has 2 aromatic heterocycles. The van der Waals surface area contributed by atoms with Crippen LogP contribution in [-0.4, -0.2) is 75.2 Å². The third-order valence-electron chi connectivity index (χ3n) is 5.68. The van der Waals surface area contributed by atoms with E-state index < -0.39 is 59.7 Å². The van der Waals surface area contributed by atoms with E-state index in [2.05, 4.69) is 28.9 Å². The van der Waals surface area contributed by atoms with Gasteiger partial charge in [-0.15, -0.1) is 0 Å². The average molecular weight is 531 g/mol. The van der Waals surface area contributed by atoms with Crippen LogP contribution in [0.2, 0.25) is 0 Å². The Bertz CT molecular complexity index is 1220. The highest BCUT2D eigenvalue weighted by Gasteiger charge is 2.72. The minimum Gasteiger partial charge on any atom is -0.390 e. The van der Waals surface area contributed by atoms with Gasteiger partial charge in [-0.1, -0.05) is 0 Å². The van der Waals surface area contributed by atoms with Gasteiger partial charge in [-0.2, -0.15) is 8.62 Å². The molecule has 0 aromatic carbocycles. The molecule has 7 atom stereocenters. The molecule has 2 aliphatic rings. The number of aromatic nitrogens is 4. The molecule has 0 spiro atoms. The first kappa shape index (κ1) is 24.8. The molecule has 2 saturated carbocycles. The predicted octanol–water partition coefficient (Wildman–Crippen LogP) is -0.506. The summed E-state index contributed by atoms with van der Waals surface area (Å²) in [5.74, 6) is -0.0123. The zero-order valence-electron chi connectivity index (χ0n) is 16.6. The van der Waals surface area contributed by atoms with Crippen molar-refractivity contribution in [2.75, 3.05) is 19.0 Å². The van der Waals surface area contributed by atoms with Gasteiger partial charge in [-0.3, -0.25) is 4.52 Å². The molecule has 2 aromatic rings.